The van der Waals surface area contributed by atoms with E-state index in [1.54, 1.807) is 0 Å². The molecule has 0 aliphatic carbocycles. The monoisotopic (exact) mass is 515 g/mol. The van der Waals surface area contributed by atoms with Gasteiger partial charge in [0.15, 0.2) is 0 Å². The summed E-state index contributed by atoms with van der Waals surface area (Å²) in [4.78, 5) is 6.86. The number of aromatic nitrogens is 2. The lowest BCUT2D eigenvalue weighted by atomic mass is 10.0. The van der Waals surface area contributed by atoms with Gasteiger partial charge in [-0.05, 0) is 52.9 Å². The van der Waals surface area contributed by atoms with E-state index in [-0.39, 0.29) is 6.04 Å². The molecule has 0 fully saturated rings. The smallest absolute Gasteiger partial charge is 0.0991 e. The van der Waals surface area contributed by atoms with Crippen molar-refractivity contribution in [3.05, 3.63) is 123 Å². The third-order valence-corrected chi connectivity index (χ3v) is 7.39. The Morgan fingerprint density at radius 2 is 1.72 bits per heavy atom. The van der Waals surface area contributed by atoms with Gasteiger partial charge in [0.1, 0.15) is 0 Å². The number of fused-ring (bicyclic) bond motifs is 1. The number of rotatable bonds is 7. The van der Waals surface area contributed by atoms with Crippen LogP contribution in [0.5, 0.6) is 0 Å². The van der Waals surface area contributed by atoms with E-state index in [2.05, 4.69) is 56.2 Å². The second kappa shape index (κ2) is 11.3. The normalized spacial score (nSPS) is 15.8. The number of nitrogens with one attached hydrogen (secondary N) is 1. The third-order valence-electron chi connectivity index (χ3n) is 6.65. The summed E-state index contributed by atoms with van der Waals surface area (Å²) in [6, 6.07) is 24.8. The van der Waals surface area contributed by atoms with Crippen molar-refractivity contribution < 1.29 is 0 Å². The Kier molecular flexibility index (Phi) is 7.69. The van der Waals surface area contributed by atoms with Gasteiger partial charge < -0.3 is 9.88 Å². The number of hydrogen-bond acceptors (Lipinski definition) is 4. The summed E-state index contributed by atoms with van der Waals surface area (Å²) in [5.74, 6) is 0. The maximum Gasteiger partial charge on any atom is 0.0991 e. The first-order valence-electron chi connectivity index (χ1n) is 12.0. The number of imidazole rings is 1. The Morgan fingerprint density at radius 3 is 2.50 bits per heavy atom. The van der Waals surface area contributed by atoms with Crippen molar-refractivity contribution in [2.45, 2.75) is 38.6 Å². The van der Waals surface area contributed by atoms with E-state index in [0.29, 0.717) is 15.6 Å². The first-order valence-corrected chi connectivity index (χ1v) is 12.8. The molecule has 0 radical (unpaired) electrons. The number of hydrogen-bond donors (Lipinski definition) is 1. The Bertz CT molecular complexity index is 1370. The highest BCUT2D eigenvalue weighted by atomic mass is 35.5. The van der Waals surface area contributed by atoms with Crippen LogP contribution in [-0.4, -0.2) is 27.0 Å². The van der Waals surface area contributed by atoms with Gasteiger partial charge in [0.05, 0.1) is 33.7 Å². The van der Waals surface area contributed by atoms with Crippen LogP contribution in [0, 0.1) is 11.3 Å². The predicted molar refractivity (Wildman–Crippen MR) is 144 cm³/mol. The lowest BCUT2D eigenvalue weighted by Gasteiger charge is -2.25. The Morgan fingerprint density at radius 1 is 0.944 bits per heavy atom. The van der Waals surface area contributed by atoms with Crippen LogP contribution in [-0.2, 0) is 32.6 Å². The van der Waals surface area contributed by atoms with Gasteiger partial charge in [0.2, 0.25) is 0 Å². The van der Waals surface area contributed by atoms with Gasteiger partial charge in [0, 0.05) is 45.0 Å². The van der Waals surface area contributed by atoms with E-state index in [1.165, 1.54) is 11.1 Å². The second-order valence-corrected chi connectivity index (χ2v) is 10.1. The largest absolute Gasteiger partial charge is 0.329 e. The summed E-state index contributed by atoms with van der Waals surface area (Å²) in [6.45, 7) is 4.06. The van der Waals surface area contributed by atoms with Crippen LogP contribution in [0.1, 0.15) is 33.5 Å². The molecule has 5 nitrogen and oxygen atoms in total. The van der Waals surface area contributed by atoms with Crippen molar-refractivity contribution in [2.75, 3.05) is 6.54 Å². The summed E-state index contributed by atoms with van der Waals surface area (Å²) in [5.41, 5.74) is 6.86. The average Bonchev–Trinajstić information content (AvgIpc) is 3.24. The minimum Gasteiger partial charge on any atom is -0.329 e. The van der Waals surface area contributed by atoms with Gasteiger partial charge in [-0.2, -0.15) is 5.26 Å². The predicted octanol–water partition coefficient (Wildman–Crippen LogP) is 5.83. The molecule has 182 valence electrons. The SMILES string of the molecule is N#Cc1ccc(Cn2cncc2CN[C@H]2Cc3ccccc3CN(Cc3ccc(Cl)c(Cl)c3)C2)cc1. The number of halogens is 2. The van der Waals surface area contributed by atoms with E-state index in [4.69, 9.17) is 28.5 Å². The zero-order chi connectivity index (χ0) is 24.9. The van der Waals surface area contributed by atoms with Crippen molar-refractivity contribution in [1.29, 1.82) is 5.26 Å². The zero-order valence-electron chi connectivity index (χ0n) is 19.9. The molecule has 0 saturated carbocycles. The number of benzene rings is 3. The van der Waals surface area contributed by atoms with E-state index in [1.807, 2.05) is 48.9 Å². The van der Waals surface area contributed by atoms with Crippen LogP contribution in [0.2, 0.25) is 10.0 Å². The molecule has 4 aromatic rings. The summed E-state index contributed by atoms with van der Waals surface area (Å²) < 4.78 is 2.16. The second-order valence-electron chi connectivity index (χ2n) is 9.29. The van der Waals surface area contributed by atoms with E-state index in [0.717, 1.165) is 56.0 Å². The maximum atomic E-state index is 9.04. The van der Waals surface area contributed by atoms with Crippen LogP contribution in [0.3, 0.4) is 0 Å². The molecular formula is C29H27Cl2N5. The molecule has 0 saturated heterocycles. The minimum absolute atomic E-state index is 0.287. The Hall–Kier alpha value is -3.14. The van der Waals surface area contributed by atoms with Crippen molar-refractivity contribution in [3.8, 4) is 6.07 Å². The Labute approximate surface area is 221 Å². The number of nitriles is 1. The molecule has 5 rings (SSSR count). The van der Waals surface area contributed by atoms with Crippen molar-refractivity contribution in [2.24, 2.45) is 0 Å². The van der Waals surface area contributed by atoms with Crippen LogP contribution in [0.15, 0.2) is 79.3 Å². The van der Waals surface area contributed by atoms with Gasteiger partial charge in [-0.1, -0.05) is 65.7 Å². The van der Waals surface area contributed by atoms with E-state index < -0.39 is 0 Å². The first kappa shape index (κ1) is 24.5. The summed E-state index contributed by atoms with van der Waals surface area (Å²) in [7, 11) is 0. The molecule has 7 heteroatoms. The molecule has 3 aromatic carbocycles. The third kappa shape index (κ3) is 5.98. The fraction of sp³-hybridized carbons (Fsp3) is 0.241. The highest BCUT2D eigenvalue weighted by molar-refractivity contribution is 6.42. The average molecular weight is 516 g/mol. The maximum absolute atomic E-state index is 9.04. The van der Waals surface area contributed by atoms with E-state index in [9.17, 15) is 0 Å². The lowest BCUT2D eigenvalue weighted by molar-refractivity contribution is 0.232. The molecule has 0 spiro atoms. The summed E-state index contributed by atoms with van der Waals surface area (Å²) in [6.07, 6.45) is 4.76. The molecule has 0 unspecified atom stereocenters. The first-order chi connectivity index (χ1) is 17.6. The molecule has 1 atom stereocenters. The summed E-state index contributed by atoms with van der Waals surface area (Å²) in [5, 5.41) is 14.0. The molecular weight excluding hydrogens is 489 g/mol. The molecule has 1 aromatic heterocycles. The fourth-order valence-electron chi connectivity index (χ4n) is 4.78. The molecule has 0 amide bonds. The van der Waals surface area contributed by atoms with Gasteiger partial charge in [0.25, 0.3) is 0 Å². The zero-order valence-corrected chi connectivity index (χ0v) is 21.4. The van der Waals surface area contributed by atoms with Gasteiger partial charge >= 0.3 is 0 Å². The highest BCUT2D eigenvalue weighted by Crippen LogP contribution is 2.25. The van der Waals surface area contributed by atoms with Gasteiger partial charge in [-0.25, -0.2) is 4.98 Å². The highest BCUT2D eigenvalue weighted by Gasteiger charge is 2.22. The molecule has 0 bridgehead atoms. The molecule has 36 heavy (non-hydrogen) atoms. The van der Waals surface area contributed by atoms with Crippen molar-refractivity contribution >= 4 is 23.2 Å². The van der Waals surface area contributed by atoms with Crippen LogP contribution >= 0.6 is 23.2 Å². The summed E-state index contributed by atoms with van der Waals surface area (Å²) >= 11 is 12.4. The van der Waals surface area contributed by atoms with Crippen LogP contribution < -0.4 is 5.32 Å². The lowest BCUT2D eigenvalue weighted by Crippen LogP contribution is -2.40. The topological polar surface area (TPSA) is 56.9 Å². The van der Waals surface area contributed by atoms with Crippen molar-refractivity contribution in [1.82, 2.24) is 19.8 Å². The Balaban J connectivity index is 1.29. The van der Waals surface area contributed by atoms with E-state index >= 15 is 0 Å². The van der Waals surface area contributed by atoms with Crippen LogP contribution in [0.25, 0.3) is 0 Å². The molecule has 1 aliphatic heterocycles. The van der Waals surface area contributed by atoms with Crippen molar-refractivity contribution in [3.63, 3.8) is 0 Å². The van der Waals surface area contributed by atoms with Gasteiger partial charge in [-0.3, -0.25) is 4.90 Å². The van der Waals surface area contributed by atoms with Gasteiger partial charge in [-0.15, -0.1) is 0 Å². The molecule has 1 aliphatic rings. The quantitative estimate of drug-likeness (QED) is 0.336. The minimum atomic E-state index is 0.287. The fourth-order valence-corrected chi connectivity index (χ4v) is 5.10. The molecule has 1 N–H and O–H groups in total. The standard InChI is InChI=1S/C29H27Cl2N5/c30-28-10-9-23(11-29(28)31)16-35-18-25-4-2-1-3-24(25)12-26(19-35)34-15-27-14-33-20-36(27)17-22-7-5-21(13-32)6-8-22/h1-11,14,20,26,34H,12,15-19H2/t26-/m0/s1. The van der Waals surface area contributed by atoms with Crippen LogP contribution in [0.4, 0.5) is 0 Å². The molecule has 2 heterocycles. The number of nitrogens with zero attached hydrogens (tertiary/aromatic N) is 4.